The van der Waals surface area contributed by atoms with Crippen molar-refractivity contribution < 1.29 is 28.5 Å². The van der Waals surface area contributed by atoms with E-state index < -0.39 is 6.16 Å². The van der Waals surface area contributed by atoms with Gasteiger partial charge in [-0.15, -0.1) is 0 Å². The van der Waals surface area contributed by atoms with Gasteiger partial charge in [-0.1, -0.05) is 0 Å². The van der Waals surface area contributed by atoms with Crippen molar-refractivity contribution in [3.8, 4) is 28.5 Å². The maximum Gasteiger partial charge on any atom is 0.513 e. The highest BCUT2D eigenvalue weighted by Gasteiger charge is 2.26. The smallest absolute Gasteiger partial charge is 0.493 e. The Hall–Kier alpha value is -2.96. The van der Waals surface area contributed by atoms with Crippen LogP contribution < -0.4 is 14.2 Å². The number of carbonyl (C=O) groups is 2. The van der Waals surface area contributed by atoms with E-state index in [4.69, 9.17) is 18.9 Å². The van der Waals surface area contributed by atoms with Gasteiger partial charge in [0.25, 0.3) is 0 Å². The van der Waals surface area contributed by atoms with Gasteiger partial charge in [0, 0.05) is 18.3 Å². The number of hydrogen-bond donors (Lipinski definition) is 0. The molecule has 1 aromatic carbocycles. The molecule has 0 amide bonds. The van der Waals surface area contributed by atoms with Crippen molar-refractivity contribution in [1.82, 2.24) is 4.57 Å². The third-order valence-corrected chi connectivity index (χ3v) is 4.14. The first-order chi connectivity index (χ1) is 12.1. The van der Waals surface area contributed by atoms with Crippen molar-refractivity contribution in [2.75, 3.05) is 20.8 Å². The minimum Gasteiger partial charge on any atom is -0.493 e. The van der Waals surface area contributed by atoms with Crippen molar-refractivity contribution in [2.24, 2.45) is 0 Å². The van der Waals surface area contributed by atoms with Crippen LogP contribution >= 0.6 is 0 Å². The number of ether oxygens (including phenoxy) is 4. The van der Waals surface area contributed by atoms with Crippen LogP contribution in [0.4, 0.5) is 4.79 Å². The minimum atomic E-state index is -0.832. The van der Waals surface area contributed by atoms with Crippen LogP contribution in [0.5, 0.6) is 17.2 Å². The van der Waals surface area contributed by atoms with Gasteiger partial charge in [0.1, 0.15) is 0 Å². The van der Waals surface area contributed by atoms with Gasteiger partial charge in [-0.3, -0.25) is 4.79 Å². The number of fused-ring (bicyclic) bond motifs is 3. The number of methoxy groups -OCH3 is 2. The van der Waals surface area contributed by atoms with E-state index in [0.29, 0.717) is 35.6 Å². The van der Waals surface area contributed by atoms with Gasteiger partial charge in [0.15, 0.2) is 23.5 Å². The molecule has 0 spiro atoms. The standard InChI is InChI=1S/C18H19NO6/c1-4-24-18(21)25-16-9-19-6-5-11-7-14(22-2)15(23-3)8-12(11)17(19)13(16)10-20/h7-10H,4-6H2,1-3H3. The van der Waals surface area contributed by atoms with Crippen molar-refractivity contribution in [3.05, 3.63) is 29.5 Å². The Morgan fingerprint density at radius 3 is 2.56 bits per heavy atom. The fraction of sp³-hybridized carbons (Fsp3) is 0.333. The van der Waals surface area contributed by atoms with E-state index in [1.807, 2.05) is 16.7 Å². The van der Waals surface area contributed by atoms with Crippen molar-refractivity contribution in [2.45, 2.75) is 19.9 Å². The number of aryl methyl sites for hydroxylation is 2. The maximum atomic E-state index is 11.7. The molecule has 1 aromatic heterocycles. The van der Waals surface area contributed by atoms with Crippen LogP contribution in [0.3, 0.4) is 0 Å². The van der Waals surface area contributed by atoms with Crippen molar-refractivity contribution >= 4 is 12.4 Å². The summed E-state index contributed by atoms with van der Waals surface area (Å²) in [4.78, 5) is 23.3. The molecule has 0 fully saturated rings. The molecule has 3 rings (SSSR count). The number of hydrogen-bond acceptors (Lipinski definition) is 6. The van der Waals surface area contributed by atoms with E-state index in [2.05, 4.69) is 0 Å². The molecule has 7 nitrogen and oxygen atoms in total. The maximum absolute atomic E-state index is 11.7. The van der Waals surface area contributed by atoms with Gasteiger partial charge in [-0.25, -0.2) is 4.79 Å². The number of benzene rings is 1. The molecule has 2 aromatic rings. The summed E-state index contributed by atoms with van der Waals surface area (Å²) in [7, 11) is 3.14. The number of rotatable bonds is 5. The highest BCUT2D eigenvalue weighted by molar-refractivity contribution is 5.92. The molecule has 0 saturated carbocycles. The molecule has 2 heterocycles. The van der Waals surface area contributed by atoms with Crippen LogP contribution in [0.1, 0.15) is 22.8 Å². The molecular weight excluding hydrogens is 326 g/mol. The molecule has 0 saturated heterocycles. The van der Waals surface area contributed by atoms with Crippen molar-refractivity contribution in [3.63, 3.8) is 0 Å². The van der Waals surface area contributed by atoms with Gasteiger partial charge < -0.3 is 23.5 Å². The average molecular weight is 345 g/mol. The molecule has 25 heavy (non-hydrogen) atoms. The molecule has 0 bridgehead atoms. The molecule has 1 aliphatic rings. The topological polar surface area (TPSA) is 76.0 Å². The zero-order valence-corrected chi connectivity index (χ0v) is 14.3. The average Bonchev–Trinajstić information content (AvgIpc) is 2.97. The fourth-order valence-electron chi connectivity index (χ4n) is 3.04. The Bertz CT molecular complexity index is 823. The van der Waals surface area contributed by atoms with E-state index in [1.165, 1.54) is 0 Å². The third-order valence-electron chi connectivity index (χ3n) is 4.14. The molecule has 0 atom stereocenters. The predicted molar refractivity (Wildman–Crippen MR) is 89.7 cm³/mol. The molecule has 1 aliphatic heterocycles. The molecule has 7 heteroatoms. The summed E-state index contributed by atoms with van der Waals surface area (Å²) in [5.41, 5.74) is 2.89. The second-order valence-corrected chi connectivity index (χ2v) is 5.47. The van der Waals surface area contributed by atoms with Gasteiger partial charge in [0.05, 0.1) is 32.1 Å². The Morgan fingerprint density at radius 1 is 1.20 bits per heavy atom. The lowest BCUT2D eigenvalue weighted by molar-refractivity contribution is 0.103. The monoisotopic (exact) mass is 345 g/mol. The largest absolute Gasteiger partial charge is 0.513 e. The third kappa shape index (κ3) is 2.93. The van der Waals surface area contributed by atoms with Crippen LogP contribution in [-0.4, -0.2) is 37.8 Å². The zero-order chi connectivity index (χ0) is 18.0. The summed E-state index contributed by atoms with van der Waals surface area (Å²) < 4.78 is 22.6. The van der Waals surface area contributed by atoms with Gasteiger partial charge in [0.2, 0.25) is 0 Å². The molecule has 0 N–H and O–H groups in total. The van der Waals surface area contributed by atoms with Crippen LogP contribution in [0, 0.1) is 0 Å². The first-order valence-electron chi connectivity index (χ1n) is 7.91. The van der Waals surface area contributed by atoms with E-state index in [-0.39, 0.29) is 12.4 Å². The SMILES string of the molecule is CCOC(=O)Oc1cn2c(c1C=O)-c1cc(OC)c(OC)cc1CC2. The van der Waals surface area contributed by atoms with Gasteiger partial charge in [-0.2, -0.15) is 0 Å². The summed E-state index contributed by atoms with van der Waals surface area (Å²) in [5.74, 6) is 1.39. The first-order valence-corrected chi connectivity index (χ1v) is 7.91. The van der Waals surface area contributed by atoms with Gasteiger partial charge in [-0.05, 0) is 31.0 Å². The highest BCUT2D eigenvalue weighted by atomic mass is 16.7. The first kappa shape index (κ1) is 16.9. The normalized spacial score (nSPS) is 12.0. The number of nitrogens with zero attached hydrogens (tertiary/aromatic N) is 1. The lowest BCUT2D eigenvalue weighted by Gasteiger charge is -2.21. The summed E-state index contributed by atoms with van der Waals surface area (Å²) in [5, 5.41) is 0. The quantitative estimate of drug-likeness (QED) is 0.612. The minimum absolute atomic E-state index is 0.186. The van der Waals surface area contributed by atoms with E-state index >= 15 is 0 Å². The van der Waals surface area contributed by atoms with Crippen LogP contribution in [-0.2, 0) is 17.7 Å². The van der Waals surface area contributed by atoms with Crippen LogP contribution in [0.25, 0.3) is 11.3 Å². The predicted octanol–water partition coefficient (Wildman–Crippen LogP) is 3.08. The Morgan fingerprint density at radius 2 is 1.92 bits per heavy atom. The fourth-order valence-corrected chi connectivity index (χ4v) is 3.04. The van der Waals surface area contributed by atoms with E-state index in [9.17, 15) is 9.59 Å². The number of aromatic nitrogens is 1. The lowest BCUT2D eigenvalue weighted by Crippen LogP contribution is -2.11. The van der Waals surface area contributed by atoms with Crippen LogP contribution in [0.15, 0.2) is 18.3 Å². The highest BCUT2D eigenvalue weighted by Crippen LogP contribution is 2.42. The Balaban J connectivity index is 2.11. The Labute approximate surface area is 145 Å². The van der Waals surface area contributed by atoms with Crippen molar-refractivity contribution in [1.29, 1.82) is 0 Å². The molecule has 0 radical (unpaired) electrons. The summed E-state index contributed by atoms with van der Waals surface area (Å²) in [6, 6.07) is 3.74. The number of aldehydes is 1. The summed E-state index contributed by atoms with van der Waals surface area (Å²) in [6.07, 6.45) is 2.26. The molecule has 132 valence electrons. The van der Waals surface area contributed by atoms with Crippen LogP contribution in [0.2, 0.25) is 0 Å². The molecule has 0 unspecified atom stereocenters. The van der Waals surface area contributed by atoms with E-state index in [0.717, 1.165) is 17.5 Å². The summed E-state index contributed by atoms with van der Waals surface area (Å²) in [6.45, 7) is 2.54. The number of carbonyl (C=O) groups excluding carboxylic acids is 2. The second-order valence-electron chi connectivity index (χ2n) is 5.47. The second kappa shape index (κ2) is 6.88. The van der Waals surface area contributed by atoms with E-state index in [1.54, 1.807) is 27.3 Å². The summed E-state index contributed by atoms with van der Waals surface area (Å²) >= 11 is 0. The molecular formula is C18H19NO6. The zero-order valence-electron chi connectivity index (χ0n) is 14.3. The Kier molecular flexibility index (Phi) is 4.65. The lowest BCUT2D eigenvalue weighted by atomic mass is 9.95. The molecule has 0 aliphatic carbocycles. The van der Waals surface area contributed by atoms with Gasteiger partial charge >= 0.3 is 6.16 Å².